The molecule has 0 heterocycles. The van der Waals surface area contributed by atoms with Crippen molar-refractivity contribution in [2.75, 3.05) is 7.11 Å². The van der Waals surface area contributed by atoms with Gasteiger partial charge in [-0.15, -0.1) is 0 Å². The number of carboxylic acid groups (broad SMARTS) is 1. The molecule has 0 aliphatic rings. The summed E-state index contributed by atoms with van der Waals surface area (Å²) in [6.45, 7) is -0.339. The van der Waals surface area contributed by atoms with E-state index in [1.807, 2.05) is 0 Å². The molecule has 0 aliphatic carbocycles. The summed E-state index contributed by atoms with van der Waals surface area (Å²) in [6, 6.07) is 11.7. The Morgan fingerprint density at radius 1 is 0.744 bits per heavy atom. The molecule has 1 amide bonds. The Hall–Kier alpha value is -5.08. The third-order valence-corrected chi connectivity index (χ3v) is 5.74. The lowest BCUT2D eigenvalue weighted by Gasteiger charge is -2.24. The summed E-state index contributed by atoms with van der Waals surface area (Å²) in [6.07, 6.45) is -14.9. The Balaban J connectivity index is 1.95. The van der Waals surface area contributed by atoms with Crippen LogP contribution in [-0.4, -0.2) is 48.2 Å². The van der Waals surface area contributed by atoms with Crippen LogP contribution in [0.2, 0.25) is 0 Å². The monoisotopic (exact) mass is 613 g/mol. The van der Waals surface area contributed by atoms with Crippen molar-refractivity contribution in [1.29, 1.82) is 0 Å². The van der Waals surface area contributed by atoms with Crippen molar-refractivity contribution >= 4 is 23.8 Å². The molecule has 15 heteroatoms. The topological polar surface area (TPSA) is 128 Å². The van der Waals surface area contributed by atoms with E-state index < -0.39 is 70.6 Å². The minimum atomic E-state index is -4.87. The fourth-order valence-electron chi connectivity index (χ4n) is 3.64. The van der Waals surface area contributed by atoms with Crippen LogP contribution in [-0.2, 0) is 38.0 Å². The van der Waals surface area contributed by atoms with Gasteiger partial charge in [0, 0.05) is 12.1 Å². The minimum absolute atomic E-state index is 0.297. The smallest absolute Gasteiger partial charge is 0.416 e. The van der Waals surface area contributed by atoms with Gasteiger partial charge in [-0.05, 0) is 42.5 Å². The molecule has 3 aromatic rings. The molecule has 0 saturated heterocycles. The van der Waals surface area contributed by atoms with Crippen LogP contribution in [0.1, 0.15) is 37.4 Å². The molecule has 0 bridgehead atoms. The number of nitrogens with one attached hydrogen (secondary N) is 1. The Labute approximate surface area is 239 Å². The molecule has 9 nitrogen and oxygen atoms in total. The van der Waals surface area contributed by atoms with Gasteiger partial charge in [-0.3, -0.25) is 4.79 Å². The summed E-state index contributed by atoms with van der Waals surface area (Å²) < 4.78 is 93.7. The number of esters is 2. The first-order valence-corrected chi connectivity index (χ1v) is 12.0. The average Bonchev–Trinajstić information content (AvgIpc) is 2.96. The van der Waals surface area contributed by atoms with Gasteiger partial charge in [0.1, 0.15) is 5.75 Å². The molecule has 3 rings (SSSR count). The zero-order chi connectivity index (χ0) is 31.9. The normalized spacial score (nSPS) is 12.9. The number of aliphatic carboxylic acids is 1. The zero-order valence-electron chi connectivity index (χ0n) is 21.9. The van der Waals surface area contributed by atoms with Gasteiger partial charge < -0.3 is 24.6 Å². The highest BCUT2D eigenvalue weighted by molar-refractivity contribution is 5.97. The summed E-state index contributed by atoms with van der Waals surface area (Å²) >= 11 is 0. The predicted octanol–water partition coefficient (Wildman–Crippen LogP) is 4.88. The Kier molecular flexibility index (Phi) is 10.0. The number of para-hydroxylation sites is 1. The first kappa shape index (κ1) is 32.4. The third-order valence-electron chi connectivity index (χ3n) is 5.74. The molecule has 0 aromatic heterocycles. The number of halogens is 6. The van der Waals surface area contributed by atoms with Crippen molar-refractivity contribution in [3.8, 4) is 5.75 Å². The second-order valence-electron chi connectivity index (χ2n) is 8.68. The molecular formula is C28H21F6NO8. The fourth-order valence-corrected chi connectivity index (χ4v) is 3.64. The molecular weight excluding hydrogens is 592 g/mol. The van der Waals surface area contributed by atoms with Crippen LogP contribution in [0, 0.1) is 0 Å². The van der Waals surface area contributed by atoms with Gasteiger partial charge in [0.2, 0.25) is 12.2 Å². The van der Waals surface area contributed by atoms with E-state index >= 15 is 0 Å². The Morgan fingerprint density at radius 2 is 1.23 bits per heavy atom. The Bertz CT molecular complexity index is 1500. The van der Waals surface area contributed by atoms with E-state index in [4.69, 9.17) is 14.2 Å². The van der Waals surface area contributed by atoms with Gasteiger partial charge >= 0.3 is 30.3 Å². The molecule has 3 aromatic carbocycles. The lowest BCUT2D eigenvalue weighted by atomic mass is 10.1. The zero-order valence-corrected chi connectivity index (χ0v) is 21.9. The molecule has 0 aliphatic heterocycles. The molecule has 0 spiro atoms. The summed E-state index contributed by atoms with van der Waals surface area (Å²) in [5, 5.41) is 12.0. The highest BCUT2D eigenvalue weighted by Gasteiger charge is 2.41. The van der Waals surface area contributed by atoms with Crippen LogP contribution < -0.4 is 10.1 Å². The van der Waals surface area contributed by atoms with E-state index in [-0.39, 0.29) is 6.54 Å². The standard InChI is InChI=1S/C28H21F6NO8/c1-41-20-11-3-2-6-17(20)14-35-23(36)21(42-25(39)15-7-4-9-18(12-15)27(29,30)31)22(24(37)38)43-26(40)16-8-5-10-19(13-16)28(32,33)34/h2-13,21-22H,14H2,1H3,(H,35,36)(H,37,38)/t21-,22+/m1/s1. The van der Waals surface area contributed by atoms with Crippen LogP contribution in [0.4, 0.5) is 26.3 Å². The van der Waals surface area contributed by atoms with E-state index in [1.54, 1.807) is 12.1 Å². The number of carboxylic acids is 1. The maximum Gasteiger partial charge on any atom is 0.416 e. The van der Waals surface area contributed by atoms with E-state index in [9.17, 15) is 50.6 Å². The van der Waals surface area contributed by atoms with Crippen LogP contribution in [0.15, 0.2) is 72.8 Å². The number of carbonyl (C=O) groups is 4. The number of rotatable bonds is 10. The molecule has 0 saturated carbocycles. The number of hydrogen-bond donors (Lipinski definition) is 2. The summed E-state index contributed by atoms with van der Waals surface area (Å²) in [4.78, 5) is 50.7. The van der Waals surface area contributed by atoms with Crippen molar-refractivity contribution in [3.05, 3.63) is 101 Å². The Morgan fingerprint density at radius 3 is 1.70 bits per heavy atom. The molecule has 43 heavy (non-hydrogen) atoms. The second kappa shape index (κ2) is 13.3. The van der Waals surface area contributed by atoms with Crippen molar-refractivity contribution in [2.45, 2.75) is 31.1 Å². The maximum absolute atomic E-state index is 13.2. The van der Waals surface area contributed by atoms with E-state index in [0.29, 0.717) is 35.6 Å². The minimum Gasteiger partial charge on any atom is -0.496 e. The first-order chi connectivity index (χ1) is 20.1. The predicted molar refractivity (Wildman–Crippen MR) is 134 cm³/mol. The number of hydrogen-bond acceptors (Lipinski definition) is 7. The summed E-state index contributed by atoms with van der Waals surface area (Å²) in [5.41, 5.74) is -3.64. The summed E-state index contributed by atoms with van der Waals surface area (Å²) in [7, 11) is 1.33. The molecule has 0 radical (unpaired) electrons. The number of amides is 1. The van der Waals surface area contributed by atoms with Gasteiger partial charge in [-0.25, -0.2) is 14.4 Å². The van der Waals surface area contributed by atoms with Crippen molar-refractivity contribution in [1.82, 2.24) is 5.32 Å². The SMILES string of the molecule is COc1ccccc1CNC(=O)[C@H](OC(=O)c1cccc(C(F)(F)F)c1)[C@H](OC(=O)c1cccc(C(F)(F)F)c1)C(=O)O. The lowest BCUT2D eigenvalue weighted by Crippen LogP contribution is -2.50. The van der Waals surface area contributed by atoms with Crippen molar-refractivity contribution in [2.24, 2.45) is 0 Å². The number of carbonyl (C=O) groups excluding carboxylic acids is 3. The maximum atomic E-state index is 13.2. The van der Waals surface area contributed by atoms with Crippen LogP contribution in [0.25, 0.3) is 0 Å². The van der Waals surface area contributed by atoms with E-state index in [2.05, 4.69) is 5.32 Å². The highest BCUT2D eigenvalue weighted by atomic mass is 19.4. The molecule has 228 valence electrons. The largest absolute Gasteiger partial charge is 0.496 e. The molecule has 2 N–H and O–H groups in total. The number of alkyl halides is 6. The molecule has 2 atom stereocenters. The average molecular weight is 613 g/mol. The van der Waals surface area contributed by atoms with Crippen molar-refractivity contribution in [3.63, 3.8) is 0 Å². The fraction of sp³-hybridized carbons (Fsp3) is 0.214. The quantitative estimate of drug-likeness (QED) is 0.245. The number of benzene rings is 3. The second-order valence-corrected chi connectivity index (χ2v) is 8.68. The van der Waals surface area contributed by atoms with Gasteiger partial charge in [0.05, 0.1) is 29.4 Å². The molecule has 0 unspecified atom stereocenters. The van der Waals surface area contributed by atoms with Gasteiger partial charge in [0.15, 0.2) is 0 Å². The van der Waals surface area contributed by atoms with Gasteiger partial charge in [-0.2, -0.15) is 26.3 Å². The number of methoxy groups -OCH3 is 1. The van der Waals surface area contributed by atoms with Gasteiger partial charge in [-0.1, -0.05) is 30.3 Å². The molecule has 0 fully saturated rings. The highest BCUT2D eigenvalue weighted by Crippen LogP contribution is 2.31. The van der Waals surface area contributed by atoms with Crippen molar-refractivity contribution < 1.29 is 64.8 Å². The summed E-state index contributed by atoms with van der Waals surface area (Å²) in [5.74, 6) is -6.35. The van der Waals surface area contributed by atoms with Gasteiger partial charge in [0.25, 0.3) is 5.91 Å². The number of ether oxygens (including phenoxy) is 3. The van der Waals surface area contributed by atoms with Crippen LogP contribution >= 0.6 is 0 Å². The first-order valence-electron chi connectivity index (χ1n) is 12.0. The lowest BCUT2D eigenvalue weighted by molar-refractivity contribution is -0.159. The van der Waals surface area contributed by atoms with E-state index in [0.717, 1.165) is 24.3 Å². The van der Waals surface area contributed by atoms with Crippen LogP contribution in [0.5, 0.6) is 5.75 Å². The van der Waals surface area contributed by atoms with Crippen LogP contribution in [0.3, 0.4) is 0 Å². The van der Waals surface area contributed by atoms with E-state index in [1.165, 1.54) is 19.2 Å². The third kappa shape index (κ3) is 8.47.